The number of nitrogens with one attached hydrogen (secondary N) is 3. The van der Waals surface area contributed by atoms with E-state index in [9.17, 15) is 9.59 Å². The third kappa shape index (κ3) is 5.36. The van der Waals surface area contributed by atoms with Crippen molar-refractivity contribution in [3.8, 4) is 0 Å². The Morgan fingerprint density at radius 3 is 2.57 bits per heavy atom. The van der Waals surface area contributed by atoms with Gasteiger partial charge in [-0.2, -0.15) is 12.6 Å². The number of aromatic nitrogens is 1. The number of fused-ring (bicyclic) bond motifs is 1. The molecule has 0 aliphatic heterocycles. The second kappa shape index (κ2) is 10.5. The van der Waals surface area contributed by atoms with Gasteiger partial charge in [0.15, 0.2) is 0 Å². The number of rotatable bonds is 9. The molecule has 1 aromatic heterocycles. The second-order valence-corrected chi connectivity index (χ2v) is 7.63. The molecule has 0 unspecified atom stereocenters. The van der Waals surface area contributed by atoms with E-state index in [-0.39, 0.29) is 11.7 Å². The molecule has 30 heavy (non-hydrogen) atoms. The van der Waals surface area contributed by atoms with Crippen LogP contribution in [0.5, 0.6) is 0 Å². The van der Waals surface area contributed by atoms with Gasteiger partial charge < -0.3 is 20.4 Å². The first-order chi connectivity index (χ1) is 14.5. The van der Waals surface area contributed by atoms with Crippen LogP contribution < -0.4 is 10.6 Å². The summed E-state index contributed by atoms with van der Waals surface area (Å²) in [6.45, 7) is 0.406. The normalized spacial score (nSPS) is 13.0. The number of H-pyrrole nitrogens is 1. The van der Waals surface area contributed by atoms with Gasteiger partial charge in [-0.15, -0.1) is 0 Å². The summed E-state index contributed by atoms with van der Waals surface area (Å²) < 4.78 is 4.91. The van der Waals surface area contributed by atoms with E-state index in [1.165, 1.54) is 7.11 Å². The monoisotopic (exact) mass is 445 g/mol. The summed E-state index contributed by atoms with van der Waals surface area (Å²) in [5.41, 5.74) is 2.77. The molecule has 0 fully saturated rings. The summed E-state index contributed by atoms with van der Waals surface area (Å²) >= 11 is 10.5. The van der Waals surface area contributed by atoms with Crippen molar-refractivity contribution >= 4 is 47.0 Å². The quantitative estimate of drug-likeness (QED) is 0.301. The first-order valence-corrected chi connectivity index (χ1v) is 10.6. The average molecular weight is 446 g/mol. The molecule has 0 radical (unpaired) electrons. The minimum atomic E-state index is -0.814. The van der Waals surface area contributed by atoms with Crippen LogP contribution in [0.15, 0.2) is 54.7 Å². The Balaban J connectivity index is 1.69. The Bertz CT molecular complexity index is 1020. The smallest absolute Gasteiger partial charge is 0.328 e. The van der Waals surface area contributed by atoms with Gasteiger partial charge in [-0.3, -0.25) is 4.79 Å². The number of carbonyl (C=O) groups is 2. The molecule has 158 valence electrons. The van der Waals surface area contributed by atoms with Crippen molar-refractivity contribution in [1.82, 2.24) is 15.6 Å². The summed E-state index contributed by atoms with van der Waals surface area (Å²) in [4.78, 5) is 28.4. The van der Waals surface area contributed by atoms with Crippen LogP contribution in [0.3, 0.4) is 0 Å². The van der Waals surface area contributed by atoms with Crippen molar-refractivity contribution in [2.75, 3.05) is 12.9 Å². The zero-order chi connectivity index (χ0) is 21.5. The Kier molecular flexibility index (Phi) is 7.79. The molecule has 6 nitrogen and oxygen atoms in total. The molecule has 2 aromatic carbocycles. The predicted molar refractivity (Wildman–Crippen MR) is 122 cm³/mol. The molecule has 0 spiro atoms. The van der Waals surface area contributed by atoms with E-state index in [2.05, 4.69) is 28.2 Å². The van der Waals surface area contributed by atoms with E-state index in [1.807, 2.05) is 48.7 Å². The van der Waals surface area contributed by atoms with E-state index in [0.29, 0.717) is 18.0 Å². The maximum absolute atomic E-state index is 12.8. The minimum Gasteiger partial charge on any atom is -0.467 e. The lowest BCUT2D eigenvalue weighted by Gasteiger charge is -2.21. The molecule has 3 rings (SSSR count). The number of halogens is 1. The molecule has 0 saturated heterocycles. The molecule has 0 saturated carbocycles. The van der Waals surface area contributed by atoms with E-state index in [4.69, 9.17) is 16.3 Å². The third-order valence-corrected chi connectivity index (χ3v) is 5.63. The third-order valence-electron chi connectivity index (χ3n) is 4.90. The first kappa shape index (κ1) is 22.2. The van der Waals surface area contributed by atoms with Crippen LogP contribution in [-0.4, -0.2) is 41.8 Å². The fourth-order valence-corrected chi connectivity index (χ4v) is 3.74. The Hall–Kier alpha value is -2.48. The number of hydrogen-bond acceptors (Lipinski definition) is 5. The number of esters is 1. The predicted octanol–water partition coefficient (Wildman–Crippen LogP) is 3.11. The Morgan fingerprint density at radius 2 is 1.83 bits per heavy atom. The largest absolute Gasteiger partial charge is 0.467 e. The number of hydrogen-bond donors (Lipinski definition) is 4. The van der Waals surface area contributed by atoms with Crippen LogP contribution in [0.1, 0.15) is 11.1 Å². The van der Waals surface area contributed by atoms with E-state index >= 15 is 0 Å². The van der Waals surface area contributed by atoms with E-state index < -0.39 is 18.1 Å². The van der Waals surface area contributed by atoms with E-state index in [1.54, 1.807) is 6.07 Å². The topological polar surface area (TPSA) is 83.2 Å². The minimum absolute atomic E-state index is 0.261. The van der Waals surface area contributed by atoms with Crippen molar-refractivity contribution in [3.05, 3.63) is 70.9 Å². The number of amides is 1. The Morgan fingerprint density at radius 1 is 1.10 bits per heavy atom. The maximum atomic E-state index is 12.8. The molecular formula is C22H24ClN3O3S. The molecule has 3 N–H and O–H groups in total. The molecule has 1 heterocycles. The van der Waals surface area contributed by atoms with Crippen LogP contribution in [-0.2, 0) is 27.3 Å². The zero-order valence-electron chi connectivity index (χ0n) is 16.5. The highest BCUT2D eigenvalue weighted by Crippen LogP contribution is 2.19. The standard InChI is InChI=1S/C22H24ClN3O3S/c1-29-22(28)19(10-15-12-24-18-9-5-3-7-16(15)18)26-21(27)20(13-30)25-11-14-6-2-4-8-17(14)23/h2-9,12,19-20,24-25,30H,10-11,13H2,1H3,(H,26,27)/t19-,20-/m0/s1. The van der Waals surface area contributed by atoms with E-state index in [0.717, 1.165) is 22.0 Å². The highest BCUT2D eigenvalue weighted by Gasteiger charge is 2.26. The molecule has 3 aromatic rings. The number of carbonyl (C=O) groups excluding carboxylic acids is 2. The fourth-order valence-electron chi connectivity index (χ4n) is 3.24. The lowest BCUT2D eigenvalue weighted by atomic mass is 10.0. The van der Waals surface area contributed by atoms with Crippen molar-refractivity contribution in [2.45, 2.75) is 25.0 Å². The molecule has 0 aliphatic rings. The molecule has 0 aliphatic carbocycles. The number of aromatic amines is 1. The van der Waals surface area contributed by atoms with Crippen molar-refractivity contribution in [1.29, 1.82) is 0 Å². The van der Waals surface area contributed by atoms with Gasteiger partial charge in [0.2, 0.25) is 5.91 Å². The molecule has 2 atom stereocenters. The highest BCUT2D eigenvalue weighted by atomic mass is 35.5. The summed E-state index contributed by atoms with van der Waals surface area (Å²) in [5.74, 6) is -0.568. The van der Waals surface area contributed by atoms with Crippen LogP contribution in [0.2, 0.25) is 5.02 Å². The second-order valence-electron chi connectivity index (χ2n) is 6.86. The van der Waals surface area contributed by atoms with Crippen LogP contribution >= 0.6 is 24.2 Å². The molecule has 0 bridgehead atoms. The van der Waals surface area contributed by atoms with Crippen molar-refractivity contribution in [3.63, 3.8) is 0 Å². The number of para-hydroxylation sites is 1. The first-order valence-electron chi connectivity index (χ1n) is 9.54. The van der Waals surface area contributed by atoms with Crippen LogP contribution in [0.25, 0.3) is 10.9 Å². The average Bonchev–Trinajstić information content (AvgIpc) is 3.17. The summed E-state index contributed by atoms with van der Waals surface area (Å²) in [7, 11) is 1.31. The van der Waals surface area contributed by atoms with Gasteiger partial charge in [0, 0.05) is 40.8 Å². The maximum Gasteiger partial charge on any atom is 0.328 e. The lowest BCUT2D eigenvalue weighted by Crippen LogP contribution is -2.51. The van der Waals surface area contributed by atoms with Gasteiger partial charge >= 0.3 is 5.97 Å². The van der Waals surface area contributed by atoms with Crippen LogP contribution in [0, 0.1) is 0 Å². The van der Waals surface area contributed by atoms with Crippen molar-refractivity contribution in [2.24, 2.45) is 0 Å². The highest BCUT2D eigenvalue weighted by molar-refractivity contribution is 7.80. The Labute approximate surface area is 185 Å². The number of methoxy groups -OCH3 is 1. The fraction of sp³-hybridized carbons (Fsp3) is 0.273. The number of ether oxygens (including phenoxy) is 1. The lowest BCUT2D eigenvalue weighted by molar-refractivity contribution is -0.145. The van der Waals surface area contributed by atoms with Gasteiger partial charge in [-0.25, -0.2) is 4.79 Å². The van der Waals surface area contributed by atoms with Gasteiger partial charge in [-0.1, -0.05) is 48.0 Å². The van der Waals surface area contributed by atoms with Gasteiger partial charge in [0.25, 0.3) is 0 Å². The molecule has 1 amide bonds. The van der Waals surface area contributed by atoms with Crippen molar-refractivity contribution < 1.29 is 14.3 Å². The molecular weight excluding hydrogens is 422 g/mol. The number of thiol groups is 1. The number of benzene rings is 2. The van der Waals surface area contributed by atoms with Gasteiger partial charge in [0.1, 0.15) is 6.04 Å². The summed E-state index contributed by atoms with van der Waals surface area (Å²) in [6.07, 6.45) is 2.16. The molecule has 8 heteroatoms. The SMILES string of the molecule is COC(=O)[C@H](Cc1c[nH]c2ccccc12)NC(=O)[C@H](CS)NCc1ccccc1Cl. The summed E-state index contributed by atoms with van der Waals surface area (Å²) in [5, 5.41) is 7.57. The van der Waals surface area contributed by atoms with Gasteiger partial charge in [-0.05, 0) is 23.3 Å². The zero-order valence-corrected chi connectivity index (χ0v) is 18.2. The van der Waals surface area contributed by atoms with Crippen LogP contribution in [0.4, 0.5) is 0 Å². The van der Waals surface area contributed by atoms with Gasteiger partial charge in [0.05, 0.1) is 13.2 Å². The summed E-state index contributed by atoms with van der Waals surface area (Å²) in [6, 6.07) is 13.8.